The van der Waals surface area contributed by atoms with Crippen molar-refractivity contribution < 1.29 is 14.0 Å². The average molecular weight is 348 g/mol. The molecule has 0 aromatic heterocycles. The number of para-hydroxylation sites is 1. The van der Waals surface area contributed by atoms with Gasteiger partial charge in [-0.1, -0.05) is 30.3 Å². The second kappa shape index (κ2) is 7.61. The van der Waals surface area contributed by atoms with Crippen LogP contribution in [-0.2, 0) is 0 Å². The summed E-state index contributed by atoms with van der Waals surface area (Å²) < 4.78 is 13.7. The van der Waals surface area contributed by atoms with E-state index in [9.17, 15) is 14.0 Å². The Morgan fingerprint density at radius 1 is 0.846 bits per heavy atom. The Hall–Kier alpha value is -3.47. The average Bonchev–Trinajstić information content (AvgIpc) is 2.68. The zero-order valence-electron chi connectivity index (χ0n) is 14.1. The summed E-state index contributed by atoms with van der Waals surface area (Å²) in [6.45, 7) is 0. The number of amides is 2. The molecule has 0 atom stereocenters. The van der Waals surface area contributed by atoms with Gasteiger partial charge in [0, 0.05) is 24.0 Å². The van der Waals surface area contributed by atoms with E-state index >= 15 is 0 Å². The van der Waals surface area contributed by atoms with E-state index in [1.165, 1.54) is 18.2 Å². The van der Waals surface area contributed by atoms with E-state index in [-0.39, 0.29) is 11.5 Å². The third kappa shape index (κ3) is 3.78. The van der Waals surface area contributed by atoms with Crippen molar-refractivity contribution in [2.24, 2.45) is 0 Å². The highest BCUT2D eigenvalue weighted by molar-refractivity contribution is 6.07. The summed E-state index contributed by atoms with van der Waals surface area (Å²) in [5.41, 5.74) is 1.73. The number of benzene rings is 3. The predicted octanol–water partition coefficient (Wildman–Crippen LogP) is 4.35. The molecule has 0 saturated heterocycles. The fourth-order valence-electron chi connectivity index (χ4n) is 2.50. The number of rotatable bonds is 4. The van der Waals surface area contributed by atoms with Crippen molar-refractivity contribution in [1.82, 2.24) is 0 Å². The van der Waals surface area contributed by atoms with Crippen molar-refractivity contribution in [3.63, 3.8) is 0 Å². The minimum Gasteiger partial charge on any atom is -0.322 e. The van der Waals surface area contributed by atoms with Crippen LogP contribution >= 0.6 is 0 Å². The molecular weight excluding hydrogens is 331 g/mol. The van der Waals surface area contributed by atoms with Crippen molar-refractivity contribution in [3.05, 3.63) is 95.8 Å². The quantitative estimate of drug-likeness (QED) is 0.762. The number of carbonyl (C=O) groups is 2. The van der Waals surface area contributed by atoms with Gasteiger partial charge >= 0.3 is 0 Å². The monoisotopic (exact) mass is 348 g/mol. The maximum absolute atomic E-state index is 13.7. The number of nitrogens with one attached hydrogen (secondary N) is 1. The highest BCUT2D eigenvalue weighted by atomic mass is 19.1. The SMILES string of the molecule is CN(C(=O)c1ccc(NC(=O)c2ccccc2F)cc1)c1ccccc1. The third-order valence-electron chi connectivity index (χ3n) is 3.96. The predicted molar refractivity (Wildman–Crippen MR) is 100.0 cm³/mol. The van der Waals surface area contributed by atoms with Crippen LogP contribution in [0.5, 0.6) is 0 Å². The molecule has 0 saturated carbocycles. The van der Waals surface area contributed by atoms with Gasteiger partial charge in [0.05, 0.1) is 5.56 Å². The van der Waals surface area contributed by atoms with E-state index in [0.717, 1.165) is 5.69 Å². The molecule has 0 aliphatic heterocycles. The van der Waals surface area contributed by atoms with Gasteiger partial charge in [-0.05, 0) is 48.5 Å². The van der Waals surface area contributed by atoms with E-state index in [2.05, 4.69) is 5.32 Å². The highest BCUT2D eigenvalue weighted by Gasteiger charge is 2.14. The first kappa shape index (κ1) is 17.4. The molecule has 2 amide bonds. The topological polar surface area (TPSA) is 49.4 Å². The van der Waals surface area contributed by atoms with Gasteiger partial charge in [0.1, 0.15) is 5.82 Å². The molecule has 0 fully saturated rings. The van der Waals surface area contributed by atoms with Gasteiger partial charge < -0.3 is 10.2 Å². The van der Waals surface area contributed by atoms with E-state index in [4.69, 9.17) is 0 Å². The number of anilines is 2. The zero-order chi connectivity index (χ0) is 18.5. The lowest BCUT2D eigenvalue weighted by Gasteiger charge is -2.17. The molecule has 3 aromatic carbocycles. The van der Waals surface area contributed by atoms with E-state index in [0.29, 0.717) is 11.3 Å². The lowest BCUT2D eigenvalue weighted by Crippen LogP contribution is -2.26. The Bertz CT molecular complexity index is 924. The molecule has 26 heavy (non-hydrogen) atoms. The lowest BCUT2D eigenvalue weighted by molar-refractivity contribution is 0.0991. The molecule has 0 bridgehead atoms. The van der Waals surface area contributed by atoms with Crippen molar-refractivity contribution in [1.29, 1.82) is 0 Å². The van der Waals surface area contributed by atoms with Crippen molar-refractivity contribution in [3.8, 4) is 0 Å². The molecule has 0 unspecified atom stereocenters. The van der Waals surface area contributed by atoms with Crippen LogP contribution < -0.4 is 10.2 Å². The zero-order valence-corrected chi connectivity index (χ0v) is 14.1. The van der Waals surface area contributed by atoms with E-state index in [1.54, 1.807) is 42.3 Å². The molecule has 4 nitrogen and oxygen atoms in total. The number of carbonyl (C=O) groups excluding carboxylic acids is 2. The first-order valence-electron chi connectivity index (χ1n) is 8.05. The molecule has 3 rings (SSSR count). The summed E-state index contributed by atoms with van der Waals surface area (Å²) in [5, 5.41) is 2.62. The number of hydrogen-bond acceptors (Lipinski definition) is 2. The van der Waals surface area contributed by atoms with Crippen LogP contribution in [0, 0.1) is 5.82 Å². The molecule has 130 valence electrons. The lowest BCUT2D eigenvalue weighted by atomic mass is 10.1. The van der Waals surface area contributed by atoms with Gasteiger partial charge in [-0.25, -0.2) is 4.39 Å². The van der Waals surface area contributed by atoms with Crippen LogP contribution in [0.3, 0.4) is 0 Å². The number of halogens is 1. The second-order valence-electron chi connectivity index (χ2n) is 5.71. The van der Waals surface area contributed by atoms with Gasteiger partial charge in [0.2, 0.25) is 0 Å². The number of hydrogen-bond donors (Lipinski definition) is 1. The molecule has 5 heteroatoms. The van der Waals surface area contributed by atoms with E-state index < -0.39 is 11.7 Å². The van der Waals surface area contributed by atoms with Crippen molar-refractivity contribution in [2.45, 2.75) is 0 Å². The van der Waals surface area contributed by atoms with Crippen LogP contribution in [0.15, 0.2) is 78.9 Å². The minimum atomic E-state index is -0.582. The Morgan fingerprint density at radius 3 is 2.12 bits per heavy atom. The Morgan fingerprint density at radius 2 is 1.46 bits per heavy atom. The Kier molecular flexibility index (Phi) is 5.08. The fraction of sp³-hybridized carbons (Fsp3) is 0.0476. The van der Waals surface area contributed by atoms with Crippen LogP contribution in [0.2, 0.25) is 0 Å². The smallest absolute Gasteiger partial charge is 0.258 e. The molecule has 0 spiro atoms. The summed E-state index contributed by atoms with van der Waals surface area (Å²) >= 11 is 0. The second-order valence-corrected chi connectivity index (χ2v) is 5.71. The molecule has 3 aromatic rings. The number of nitrogens with zero attached hydrogens (tertiary/aromatic N) is 1. The first-order chi connectivity index (χ1) is 12.6. The van der Waals surface area contributed by atoms with Gasteiger partial charge in [0.15, 0.2) is 0 Å². The largest absolute Gasteiger partial charge is 0.322 e. The van der Waals surface area contributed by atoms with Gasteiger partial charge in [-0.2, -0.15) is 0 Å². The van der Waals surface area contributed by atoms with Crippen molar-refractivity contribution >= 4 is 23.2 Å². The summed E-state index contributed by atoms with van der Waals surface area (Å²) in [6, 6.07) is 21.5. The summed E-state index contributed by atoms with van der Waals surface area (Å²) in [7, 11) is 1.70. The minimum absolute atomic E-state index is 0.0311. The maximum atomic E-state index is 13.7. The molecular formula is C21H17FN2O2. The van der Waals surface area contributed by atoms with Crippen LogP contribution in [0.25, 0.3) is 0 Å². The summed E-state index contributed by atoms with van der Waals surface area (Å²) in [6.07, 6.45) is 0. The van der Waals surface area contributed by atoms with Crippen LogP contribution in [0.1, 0.15) is 20.7 Å². The normalized spacial score (nSPS) is 10.2. The van der Waals surface area contributed by atoms with Crippen LogP contribution in [-0.4, -0.2) is 18.9 Å². The third-order valence-corrected chi connectivity index (χ3v) is 3.96. The summed E-state index contributed by atoms with van der Waals surface area (Å²) in [5.74, 6) is -1.28. The highest BCUT2D eigenvalue weighted by Crippen LogP contribution is 2.17. The van der Waals surface area contributed by atoms with Gasteiger partial charge in [0.25, 0.3) is 11.8 Å². The molecule has 0 heterocycles. The van der Waals surface area contributed by atoms with Crippen molar-refractivity contribution in [2.75, 3.05) is 17.3 Å². The van der Waals surface area contributed by atoms with E-state index in [1.807, 2.05) is 30.3 Å². The Balaban J connectivity index is 1.71. The van der Waals surface area contributed by atoms with Gasteiger partial charge in [-0.3, -0.25) is 9.59 Å². The molecule has 0 aliphatic carbocycles. The standard InChI is InChI=1S/C21H17FN2O2/c1-24(17-7-3-2-4-8-17)21(26)15-11-13-16(14-12-15)23-20(25)18-9-5-6-10-19(18)22/h2-14H,1H3,(H,23,25). The molecule has 0 radical (unpaired) electrons. The molecule has 1 N–H and O–H groups in total. The Labute approximate surface area is 150 Å². The summed E-state index contributed by atoms with van der Waals surface area (Å²) in [4.78, 5) is 26.2. The fourth-order valence-corrected chi connectivity index (χ4v) is 2.50. The maximum Gasteiger partial charge on any atom is 0.258 e. The van der Waals surface area contributed by atoms with Gasteiger partial charge in [-0.15, -0.1) is 0 Å². The first-order valence-corrected chi connectivity index (χ1v) is 8.05. The molecule has 0 aliphatic rings. The van der Waals surface area contributed by atoms with Crippen LogP contribution in [0.4, 0.5) is 15.8 Å².